The highest BCUT2D eigenvalue weighted by Crippen LogP contribution is 2.31. The molecular weight excluding hydrogens is 655 g/mol. The number of amides is 1. The van der Waals surface area contributed by atoms with Crippen LogP contribution in [0.25, 0.3) is 0 Å². The zero-order valence-corrected chi connectivity index (χ0v) is 33.5. The number of rotatable bonds is 1. The second-order valence-corrected chi connectivity index (χ2v) is 17.4. The number of hydrogen-bond donors (Lipinski definition) is 1. The van der Waals surface area contributed by atoms with Crippen molar-refractivity contribution in [3.8, 4) is 0 Å². The summed E-state index contributed by atoms with van der Waals surface area (Å²) in [5.74, 6) is -1.38. The molecule has 0 aromatic heterocycles. The summed E-state index contributed by atoms with van der Waals surface area (Å²) in [6, 6.07) is 23.4. The van der Waals surface area contributed by atoms with Gasteiger partial charge in [-0.25, -0.2) is 8.78 Å². The highest BCUT2D eigenvalue weighted by Gasteiger charge is 2.20. The Morgan fingerprint density at radius 2 is 0.980 bits per heavy atom. The lowest BCUT2D eigenvalue weighted by atomic mass is 9.83. The van der Waals surface area contributed by atoms with Gasteiger partial charge in [0.15, 0.2) is 0 Å². The zero-order chi connectivity index (χ0) is 38.1. The normalized spacial score (nSPS) is 11.6. The van der Waals surface area contributed by atoms with E-state index >= 15 is 0 Å². The molecule has 4 rings (SSSR count). The van der Waals surface area contributed by atoms with E-state index in [9.17, 15) is 13.6 Å². The van der Waals surface area contributed by atoms with Gasteiger partial charge in [0.1, 0.15) is 11.6 Å². The number of carbonyl (C=O) groups is 1. The SMILES string of the molecule is CC(C)(C)c1cc(Cl)ccc1Cl.CC(C)(C)c1cc(F)cc(F)c1.CC(C)(C)c1ccccc1C(N)=O.Cc1cc(C)cc(C(C)(C)C)c1. The third-order valence-corrected chi connectivity index (χ3v) is 8.12. The van der Waals surface area contributed by atoms with Crippen LogP contribution < -0.4 is 5.73 Å². The van der Waals surface area contributed by atoms with Crippen LogP contribution >= 0.6 is 23.2 Å². The van der Waals surface area contributed by atoms with Crippen LogP contribution in [0.1, 0.15) is 127 Å². The lowest BCUT2D eigenvalue weighted by Gasteiger charge is -2.21. The Bertz CT molecular complexity index is 1580. The van der Waals surface area contributed by atoms with E-state index in [1.54, 1.807) is 12.1 Å². The first kappa shape index (κ1) is 43.8. The van der Waals surface area contributed by atoms with Crippen molar-refractivity contribution in [3.63, 3.8) is 0 Å². The minimum atomic E-state index is -0.514. The van der Waals surface area contributed by atoms with E-state index in [2.05, 4.69) is 94.4 Å². The largest absolute Gasteiger partial charge is 0.366 e. The minimum Gasteiger partial charge on any atom is -0.366 e. The van der Waals surface area contributed by atoms with Crippen LogP contribution in [0.15, 0.2) is 78.9 Å². The first-order chi connectivity index (χ1) is 22.1. The Hall–Kier alpha value is -3.21. The smallest absolute Gasteiger partial charge is 0.248 e. The van der Waals surface area contributed by atoms with Gasteiger partial charge in [-0.05, 0) is 94.2 Å². The predicted octanol–water partition coefficient (Wildman–Crippen LogP) is 13.2. The van der Waals surface area contributed by atoms with Gasteiger partial charge < -0.3 is 5.73 Å². The Morgan fingerprint density at radius 1 is 0.551 bits per heavy atom. The van der Waals surface area contributed by atoms with Gasteiger partial charge in [-0.2, -0.15) is 0 Å². The third kappa shape index (κ3) is 15.5. The van der Waals surface area contributed by atoms with Crippen molar-refractivity contribution in [2.24, 2.45) is 5.73 Å². The first-order valence-corrected chi connectivity index (χ1v) is 17.3. The van der Waals surface area contributed by atoms with E-state index in [0.29, 0.717) is 11.1 Å². The Kier molecular flexibility index (Phi) is 15.8. The molecule has 6 heteroatoms. The average molecular weight is 713 g/mol. The van der Waals surface area contributed by atoms with Gasteiger partial charge in [-0.3, -0.25) is 4.79 Å². The molecule has 0 bridgehead atoms. The number of nitrogens with two attached hydrogens (primary N) is 1. The Labute approximate surface area is 305 Å². The van der Waals surface area contributed by atoms with Crippen molar-refractivity contribution in [3.05, 3.63) is 139 Å². The first-order valence-electron chi connectivity index (χ1n) is 16.5. The topological polar surface area (TPSA) is 43.1 Å². The van der Waals surface area contributed by atoms with Crippen LogP contribution in [-0.2, 0) is 21.7 Å². The van der Waals surface area contributed by atoms with E-state index in [4.69, 9.17) is 28.9 Å². The molecule has 0 saturated heterocycles. The summed E-state index contributed by atoms with van der Waals surface area (Å²) in [5.41, 5.74) is 12.9. The predicted molar refractivity (Wildman–Crippen MR) is 208 cm³/mol. The molecule has 0 aliphatic carbocycles. The van der Waals surface area contributed by atoms with E-state index in [1.165, 1.54) is 28.8 Å². The van der Waals surface area contributed by atoms with E-state index in [1.807, 2.05) is 51.1 Å². The standard InChI is InChI=1S/C12H18.C11H15NO.C10H12Cl2.C10H12F2/c1-9-6-10(2)8-11(7-9)12(3,4)5;1-11(2,3)9-7-5-4-6-8(9)10(12)13;1-10(2,3)8-6-7(11)4-5-9(8)12;1-10(2,3)7-4-8(11)6-9(12)5-7/h6-8H,1-5H3;4-7H,1-3H3,(H2,12,13);2*4-6H,1-3H3. The molecule has 0 unspecified atom stereocenters. The van der Waals surface area contributed by atoms with Crippen molar-refractivity contribution >= 4 is 29.1 Å². The molecule has 2 nitrogen and oxygen atoms in total. The van der Waals surface area contributed by atoms with Gasteiger partial charge in [0, 0.05) is 21.7 Å². The number of primary amides is 1. The molecule has 4 aromatic rings. The third-order valence-electron chi connectivity index (χ3n) is 7.55. The molecule has 49 heavy (non-hydrogen) atoms. The summed E-state index contributed by atoms with van der Waals surface area (Å²) >= 11 is 11.9. The van der Waals surface area contributed by atoms with Crippen LogP contribution in [0.4, 0.5) is 8.78 Å². The zero-order valence-electron chi connectivity index (χ0n) is 32.0. The molecule has 0 spiro atoms. The summed E-state index contributed by atoms with van der Waals surface area (Å²) < 4.78 is 25.4. The fourth-order valence-electron chi connectivity index (χ4n) is 4.82. The number of carbonyl (C=O) groups excluding carboxylic acids is 1. The molecule has 0 fully saturated rings. The quantitative estimate of drug-likeness (QED) is 0.210. The lowest BCUT2D eigenvalue weighted by Crippen LogP contribution is -2.20. The van der Waals surface area contributed by atoms with Crippen molar-refractivity contribution in [2.75, 3.05) is 0 Å². The molecule has 0 aliphatic heterocycles. The van der Waals surface area contributed by atoms with Gasteiger partial charge in [-0.1, -0.05) is 154 Å². The van der Waals surface area contributed by atoms with Gasteiger partial charge >= 0.3 is 0 Å². The van der Waals surface area contributed by atoms with Gasteiger partial charge in [0.2, 0.25) is 5.91 Å². The van der Waals surface area contributed by atoms with Crippen molar-refractivity contribution in [1.82, 2.24) is 0 Å². The number of aryl methyl sites for hydroxylation is 2. The summed E-state index contributed by atoms with van der Waals surface area (Å²) in [7, 11) is 0. The second kappa shape index (κ2) is 17.6. The molecule has 0 aliphatic rings. The van der Waals surface area contributed by atoms with Crippen LogP contribution in [0.3, 0.4) is 0 Å². The van der Waals surface area contributed by atoms with Crippen LogP contribution in [-0.4, -0.2) is 5.91 Å². The highest BCUT2D eigenvalue weighted by molar-refractivity contribution is 6.33. The number of halogens is 4. The van der Waals surface area contributed by atoms with Gasteiger partial charge in [0.05, 0.1) is 0 Å². The molecule has 0 saturated carbocycles. The maximum Gasteiger partial charge on any atom is 0.248 e. The summed E-state index contributed by atoms with van der Waals surface area (Å²) in [6.07, 6.45) is 0. The van der Waals surface area contributed by atoms with Crippen LogP contribution in [0.5, 0.6) is 0 Å². The molecule has 0 heterocycles. The molecule has 2 N–H and O–H groups in total. The van der Waals surface area contributed by atoms with Gasteiger partial charge in [0.25, 0.3) is 0 Å². The fraction of sp³-hybridized carbons (Fsp3) is 0.419. The van der Waals surface area contributed by atoms with E-state index in [-0.39, 0.29) is 27.6 Å². The monoisotopic (exact) mass is 711 g/mol. The molecule has 1 amide bonds. The lowest BCUT2D eigenvalue weighted by molar-refractivity contribution is 0.0998. The summed E-state index contributed by atoms with van der Waals surface area (Å²) in [4.78, 5) is 11.1. The second-order valence-electron chi connectivity index (χ2n) is 16.6. The number of benzene rings is 4. The Balaban J connectivity index is 0.000000327. The molecular formula is C43H57Cl2F2NO. The van der Waals surface area contributed by atoms with E-state index in [0.717, 1.165) is 27.2 Å². The highest BCUT2D eigenvalue weighted by atomic mass is 35.5. The van der Waals surface area contributed by atoms with Crippen molar-refractivity contribution < 1.29 is 13.6 Å². The molecule has 0 radical (unpaired) electrons. The van der Waals surface area contributed by atoms with Crippen molar-refractivity contribution in [1.29, 1.82) is 0 Å². The Morgan fingerprint density at radius 3 is 1.35 bits per heavy atom. The van der Waals surface area contributed by atoms with Crippen LogP contribution in [0, 0.1) is 25.5 Å². The maximum atomic E-state index is 12.7. The summed E-state index contributed by atoms with van der Waals surface area (Å²) in [5, 5.41) is 1.52. The minimum absolute atomic E-state index is 0.0361. The average Bonchev–Trinajstić information content (AvgIpc) is 2.92. The summed E-state index contributed by atoms with van der Waals surface area (Å²) in [6.45, 7) is 29.4. The number of hydrogen-bond acceptors (Lipinski definition) is 1. The maximum absolute atomic E-state index is 12.7. The van der Waals surface area contributed by atoms with Crippen LogP contribution in [0.2, 0.25) is 10.0 Å². The molecule has 0 atom stereocenters. The molecule has 268 valence electrons. The van der Waals surface area contributed by atoms with Crippen molar-refractivity contribution in [2.45, 2.75) is 119 Å². The van der Waals surface area contributed by atoms with Gasteiger partial charge in [-0.15, -0.1) is 0 Å². The fourth-order valence-corrected chi connectivity index (χ4v) is 5.39. The van der Waals surface area contributed by atoms with E-state index < -0.39 is 11.6 Å². The molecule has 4 aromatic carbocycles.